The number of carboxylic acid groups (broad SMARTS) is 1. The highest BCUT2D eigenvalue weighted by Crippen LogP contribution is 2.41. The van der Waals surface area contributed by atoms with Gasteiger partial charge in [-0.2, -0.15) is 0 Å². The minimum Gasteiger partial charge on any atom is -0.493 e. The van der Waals surface area contributed by atoms with Crippen molar-refractivity contribution in [1.82, 2.24) is 4.90 Å². The second-order valence-corrected chi connectivity index (χ2v) is 8.63. The molecule has 3 rings (SSSR count). The molecule has 0 aliphatic carbocycles. The van der Waals surface area contributed by atoms with Gasteiger partial charge in [-0.05, 0) is 54.8 Å². The normalized spacial score (nSPS) is 18.5. The number of carbonyl (C=O) groups is 1. The zero-order valence-corrected chi connectivity index (χ0v) is 19.0. The van der Waals surface area contributed by atoms with Crippen LogP contribution in [0.5, 0.6) is 11.5 Å². The summed E-state index contributed by atoms with van der Waals surface area (Å²) >= 11 is 7.18. The number of aliphatic carboxylic acids is 1. The highest BCUT2D eigenvalue weighted by Gasteiger charge is 2.32. The number of carboxylic acids is 1. The summed E-state index contributed by atoms with van der Waals surface area (Å²) in [6.45, 7) is 1.35. The van der Waals surface area contributed by atoms with Gasteiger partial charge in [-0.15, -0.1) is 0 Å². The van der Waals surface area contributed by atoms with Crippen LogP contribution in [0.25, 0.3) is 0 Å². The first kappa shape index (κ1) is 21.1. The van der Waals surface area contributed by atoms with E-state index in [0.717, 1.165) is 33.0 Å². The minimum atomic E-state index is -0.731. The van der Waals surface area contributed by atoms with E-state index >= 15 is 0 Å². The second-order valence-electron chi connectivity index (χ2n) is 6.86. The van der Waals surface area contributed by atoms with Crippen LogP contribution in [0.1, 0.15) is 30.0 Å². The summed E-state index contributed by atoms with van der Waals surface area (Å²) in [6.07, 6.45) is 1.57. The number of likely N-dealkylation sites (tertiary alicyclic amines) is 1. The summed E-state index contributed by atoms with van der Waals surface area (Å²) in [6, 6.07) is 11.9. The summed E-state index contributed by atoms with van der Waals surface area (Å²) in [5.74, 6) is 0.209. The molecule has 1 aliphatic rings. The Morgan fingerprint density at radius 2 is 1.79 bits per heavy atom. The van der Waals surface area contributed by atoms with Crippen LogP contribution in [0.15, 0.2) is 45.3 Å². The van der Waals surface area contributed by atoms with Crippen LogP contribution in [0.2, 0.25) is 0 Å². The number of hydrogen-bond donors (Lipinski definition) is 1. The van der Waals surface area contributed by atoms with Crippen LogP contribution in [0.4, 0.5) is 0 Å². The van der Waals surface area contributed by atoms with Crippen LogP contribution in [0.3, 0.4) is 0 Å². The smallest absolute Gasteiger partial charge is 0.307 e. The van der Waals surface area contributed by atoms with Crippen molar-refractivity contribution >= 4 is 37.8 Å². The van der Waals surface area contributed by atoms with E-state index in [9.17, 15) is 9.90 Å². The zero-order chi connectivity index (χ0) is 20.3. The van der Waals surface area contributed by atoms with Crippen molar-refractivity contribution in [2.24, 2.45) is 5.92 Å². The van der Waals surface area contributed by atoms with Crippen LogP contribution in [-0.4, -0.2) is 43.3 Å². The van der Waals surface area contributed by atoms with Crippen LogP contribution in [0, 0.1) is 5.92 Å². The lowest BCUT2D eigenvalue weighted by Crippen LogP contribution is -2.41. The van der Waals surface area contributed by atoms with E-state index in [2.05, 4.69) is 48.9 Å². The maximum absolute atomic E-state index is 11.6. The number of piperidine rings is 1. The summed E-state index contributed by atoms with van der Waals surface area (Å²) in [5.41, 5.74) is 2.12. The molecule has 0 radical (unpaired) electrons. The standard InChI is InChI=1S/C21H23Br2NO4/c1-27-18-10-16(17(23)11-19(18)28-2)20(13-5-7-15(22)8-6-13)24-9-3-4-14(12-24)21(25)26/h5-8,10-11,14,20H,3-4,9,12H2,1-2H3,(H,25,26). The Morgan fingerprint density at radius 3 is 2.39 bits per heavy atom. The molecule has 2 aromatic carbocycles. The van der Waals surface area contributed by atoms with Gasteiger partial charge < -0.3 is 14.6 Å². The topological polar surface area (TPSA) is 59.0 Å². The molecular weight excluding hydrogens is 490 g/mol. The molecule has 2 aromatic rings. The quantitative estimate of drug-likeness (QED) is 0.582. The number of hydrogen-bond acceptors (Lipinski definition) is 4. The van der Waals surface area contributed by atoms with Gasteiger partial charge in [0.25, 0.3) is 0 Å². The lowest BCUT2D eigenvalue weighted by molar-refractivity contribution is -0.143. The molecule has 2 unspecified atom stereocenters. The van der Waals surface area contributed by atoms with Crippen LogP contribution >= 0.6 is 31.9 Å². The first-order valence-corrected chi connectivity index (χ1v) is 10.7. The predicted molar refractivity (Wildman–Crippen MR) is 115 cm³/mol. The largest absolute Gasteiger partial charge is 0.493 e. The fraction of sp³-hybridized carbons (Fsp3) is 0.381. The number of methoxy groups -OCH3 is 2. The highest BCUT2D eigenvalue weighted by atomic mass is 79.9. The van der Waals surface area contributed by atoms with Gasteiger partial charge in [-0.1, -0.05) is 44.0 Å². The molecular formula is C21H23Br2NO4. The molecule has 1 heterocycles. The zero-order valence-electron chi connectivity index (χ0n) is 15.8. The molecule has 0 amide bonds. The Bertz CT molecular complexity index is 841. The third kappa shape index (κ3) is 4.53. The van der Waals surface area contributed by atoms with E-state index in [1.165, 1.54) is 0 Å². The van der Waals surface area contributed by atoms with Gasteiger partial charge in [-0.3, -0.25) is 9.69 Å². The van der Waals surface area contributed by atoms with Crippen LogP contribution in [-0.2, 0) is 4.79 Å². The minimum absolute atomic E-state index is 0.0931. The maximum atomic E-state index is 11.6. The van der Waals surface area contributed by atoms with E-state index < -0.39 is 5.97 Å². The van der Waals surface area contributed by atoms with Crippen molar-refractivity contribution in [2.45, 2.75) is 18.9 Å². The molecule has 7 heteroatoms. The molecule has 2 atom stereocenters. The average Bonchev–Trinajstić information content (AvgIpc) is 2.70. The second kappa shape index (κ2) is 9.29. The number of nitrogens with zero attached hydrogens (tertiary/aromatic N) is 1. The summed E-state index contributed by atoms with van der Waals surface area (Å²) in [4.78, 5) is 13.9. The Labute approximate surface area is 181 Å². The maximum Gasteiger partial charge on any atom is 0.307 e. The molecule has 1 fully saturated rings. The lowest BCUT2D eigenvalue weighted by atomic mass is 9.91. The predicted octanol–water partition coefficient (Wildman–Crippen LogP) is 5.11. The summed E-state index contributed by atoms with van der Waals surface area (Å²) in [5, 5.41) is 9.54. The molecule has 0 spiro atoms. The van der Waals surface area contributed by atoms with Crippen molar-refractivity contribution in [1.29, 1.82) is 0 Å². The Hall–Kier alpha value is -1.57. The fourth-order valence-electron chi connectivity index (χ4n) is 3.75. The van der Waals surface area contributed by atoms with Gasteiger partial charge in [0.05, 0.1) is 26.2 Å². The number of halogens is 2. The van der Waals surface area contributed by atoms with Gasteiger partial charge in [-0.25, -0.2) is 0 Å². The molecule has 28 heavy (non-hydrogen) atoms. The summed E-state index contributed by atoms with van der Waals surface area (Å²) < 4.78 is 12.8. The van der Waals surface area contributed by atoms with Crippen molar-refractivity contribution < 1.29 is 19.4 Å². The molecule has 0 aromatic heterocycles. The summed E-state index contributed by atoms with van der Waals surface area (Å²) in [7, 11) is 3.23. The highest BCUT2D eigenvalue weighted by molar-refractivity contribution is 9.10. The van der Waals surface area contributed by atoms with Gasteiger partial charge in [0, 0.05) is 15.5 Å². The first-order valence-electron chi connectivity index (χ1n) is 9.08. The van der Waals surface area contributed by atoms with E-state index in [0.29, 0.717) is 24.5 Å². The van der Waals surface area contributed by atoms with Crippen molar-refractivity contribution in [2.75, 3.05) is 27.3 Å². The van der Waals surface area contributed by atoms with Gasteiger partial charge in [0.15, 0.2) is 11.5 Å². The monoisotopic (exact) mass is 511 g/mol. The fourth-order valence-corrected chi connectivity index (χ4v) is 4.56. The van der Waals surface area contributed by atoms with E-state index in [1.807, 2.05) is 24.3 Å². The Balaban J connectivity index is 2.09. The van der Waals surface area contributed by atoms with Gasteiger partial charge in [0.1, 0.15) is 0 Å². The van der Waals surface area contributed by atoms with Gasteiger partial charge >= 0.3 is 5.97 Å². The SMILES string of the molecule is COc1cc(Br)c(C(c2ccc(Br)cc2)N2CCCC(C(=O)O)C2)cc1OC. The van der Waals surface area contributed by atoms with Crippen molar-refractivity contribution in [3.8, 4) is 11.5 Å². The van der Waals surface area contributed by atoms with Gasteiger partial charge in [0.2, 0.25) is 0 Å². The van der Waals surface area contributed by atoms with E-state index in [-0.39, 0.29) is 12.0 Å². The number of ether oxygens (including phenoxy) is 2. The van der Waals surface area contributed by atoms with E-state index in [4.69, 9.17) is 9.47 Å². The average molecular weight is 513 g/mol. The van der Waals surface area contributed by atoms with E-state index in [1.54, 1.807) is 14.2 Å². The Kier molecular flexibility index (Phi) is 7.01. The molecule has 0 saturated carbocycles. The van der Waals surface area contributed by atoms with Crippen molar-refractivity contribution in [3.05, 3.63) is 56.5 Å². The lowest BCUT2D eigenvalue weighted by Gasteiger charge is -2.38. The molecule has 1 saturated heterocycles. The third-order valence-electron chi connectivity index (χ3n) is 5.15. The third-order valence-corrected chi connectivity index (χ3v) is 6.37. The molecule has 150 valence electrons. The number of benzene rings is 2. The molecule has 1 aliphatic heterocycles. The van der Waals surface area contributed by atoms with Crippen LogP contribution < -0.4 is 9.47 Å². The molecule has 1 N–H and O–H groups in total. The first-order chi connectivity index (χ1) is 13.4. The molecule has 5 nitrogen and oxygen atoms in total. The van der Waals surface area contributed by atoms with Crippen molar-refractivity contribution in [3.63, 3.8) is 0 Å². The number of rotatable bonds is 6. The Morgan fingerprint density at radius 1 is 1.14 bits per heavy atom. The molecule has 0 bridgehead atoms.